The third-order valence-corrected chi connectivity index (χ3v) is 4.86. The maximum absolute atomic E-state index is 11.9. The first-order valence-electron chi connectivity index (χ1n) is 10.8. The van der Waals surface area contributed by atoms with Crippen molar-refractivity contribution in [3.63, 3.8) is 0 Å². The average Bonchev–Trinajstić information content (AvgIpc) is 2.60. The van der Waals surface area contributed by atoms with Crippen molar-refractivity contribution in [1.82, 2.24) is 5.32 Å². The van der Waals surface area contributed by atoms with Crippen LogP contribution in [0.5, 0.6) is 0 Å². The number of carbonyl (C=O) groups is 4. The van der Waals surface area contributed by atoms with E-state index >= 15 is 0 Å². The van der Waals surface area contributed by atoms with Crippen molar-refractivity contribution < 1.29 is 24.3 Å². The van der Waals surface area contributed by atoms with Crippen LogP contribution in [0.15, 0.2) is 0 Å². The summed E-state index contributed by atoms with van der Waals surface area (Å²) in [5, 5.41) is 11.2. The molecule has 0 saturated carbocycles. The number of hydrogen-bond donors (Lipinski definition) is 2. The Morgan fingerprint density at radius 2 is 1.07 bits per heavy atom. The van der Waals surface area contributed by atoms with Crippen LogP contribution in [0.3, 0.4) is 0 Å². The standard InChI is InChI=1S/C22H39NO5/c1-18(24)17-20(19(2)25)23-21(26)15-13-11-9-7-5-3-4-6-8-10-12-14-16-22(27)28/h20H,3-17H2,1-2H3,(H,23,26)(H,27,28)/t20-/m0/s1. The number of rotatable bonds is 19. The van der Waals surface area contributed by atoms with Crippen molar-refractivity contribution in [2.75, 3.05) is 0 Å². The normalized spacial score (nSPS) is 11.8. The van der Waals surface area contributed by atoms with E-state index in [9.17, 15) is 19.2 Å². The van der Waals surface area contributed by atoms with Gasteiger partial charge in [-0.1, -0.05) is 64.2 Å². The molecular weight excluding hydrogens is 358 g/mol. The molecule has 28 heavy (non-hydrogen) atoms. The fourth-order valence-corrected chi connectivity index (χ4v) is 3.18. The summed E-state index contributed by atoms with van der Waals surface area (Å²) in [5.74, 6) is -1.12. The second kappa shape index (κ2) is 17.4. The summed E-state index contributed by atoms with van der Waals surface area (Å²) in [5.41, 5.74) is 0. The van der Waals surface area contributed by atoms with E-state index in [4.69, 9.17) is 5.11 Å². The van der Waals surface area contributed by atoms with Crippen molar-refractivity contribution in [3.05, 3.63) is 0 Å². The van der Waals surface area contributed by atoms with E-state index in [0.717, 1.165) is 38.5 Å². The molecule has 0 heterocycles. The molecule has 0 aromatic heterocycles. The van der Waals surface area contributed by atoms with Gasteiger partial charge in [-0.3, -0.25) is 19.2 Å². The van der Waals surface area contributed by atoms with Crippen LogP contribution in [-0.2, 0) is 19.2 Å². The zero-order valence-corrected chi connectivity index (χ0v) is 17.8. The minimum absolute atomic E-state index is 0.0728. The molecule has 0 fully saturated rings. The van der Waals surface area contributed by atoms with Crippen molar-refractivity contribution >= 4 is 23.4 Å². The first kappa shape index (κ1) is 26.3. The van der Waals surface area contributed by atoms with Crippen molar-refractivity contribution in [2.45, 2.75) is 116 Å². The average molecular weight is 398 g/mol. The van der Waals surface area contributed by atoms with E-state index in [-0.39, 0.29) is 30.3 Å². The van der Waals surface area contributed by atoms with E-state index < -0.39 is 12.0 Å². The molecule has 0 spiro atoms. The van der Waals surface area contributed by atoms with Gasteiger partial charge in [0.2, 0.25) is 5.91 Å². The number of unbranched alkanes of at least 4 members (excludes halogenated alkanes) is 11. The van der Waals surface area contributed by atoms with Crippen LogP contribution in [0.1, 0.15) is 110 Å². The fourth-order valence-electron chi connectivity index (χ4n) is 3.18. The zero-order valence-electron chi connectivity index (χ0n) is 17.8. The second-order valence-electron chi connectivity index (χ2n) is 7.77. The molecule has 6 nitrogen and oxygen atoms in total. The van der Waals surface area contributed by atoms with Gasteiger partial charge in [0, 0.05) is 19.3 Å². The minimum atomic E-state index is -0.700. The number of aliphatic carboxylic acids is 1. The number of carboxylic acids is 1. The summed E-state index contributed by atoms with van der Waals surface area (Å²) in [6.07, 6.45) is 13.9. The first-order chi connectivity index (χ1) is 13.3. The highest BCUT2D eigenvalue weighted by Gasteiger charge is 2.18. The van der Waals surface area contributed by atoms with Crippen molar-refractivity contribution in [3.8, 4) is 0 Å². The lowest BCUT2D eigenvalue weighted by Crippen LogP contribution is -2.40. The quantitative estimate of drug-likeness (QED) is 0.311. The van der Waals surface area contributed by atoms with Gasteiger partial charge < -0.3 is 10.4 Å². The summed E-state index contributed by atoms with van der Waals surface area (Å²) < 4.78 is 0. The highest BCUT2D eigenvalue weighted by Crippen LogP contribution is 2.13. The Balaban J connectivity index is 3.45. The Labute approximate surface area is 169 Å². The Bertz CT molecular complexity index is 476. The number of hydrogen-bond acceptors (Lipinski definition) is 4. The lowest BCUT2D eigenvalue weighted by atomic mass is 10.0. The van der Waals surface area contributed by atoms with Gasteiger partial charge in [0.05, 0.1) is 6.04 Å². The first-order valence-corrected chi connectivity index (χ1v) is 10.8. The third-order valence-electron chi connectivity index (χ3n) is 4.86. The lowest BCUT2D eigenvalue weighted by molar-refractivity contribution is -0.137. The van der Waals surface area contributed by atoms with Crippen LogP contribution in [0, 0.1) is 0 Å². The van der Waals surface area contributed by atoms with Crippen molar-refractivity contribution in [2.24, 2.45) is 0 Å². The summed E-state index contributed by atoms with van der Waals surface area (Å²) in [6.45, 7) is 2.82. The van der Waals surface area contributed by atoms with Crippen LogP contribution >= 0.6 is 0 Å². The molecule has 0 bridgehead atoms. The Kier molecular flexibility index (Phi) is 16.3. The van der Waals surface area contributed by atoms with Gasteiger partial charge in [0.25, 0.3) is 0 Å². The molecule has 162 valence electrons. The van der Waals surface area contributed by atoms with Gasteiger partial charge >= 0.3 is 5.97 Å². The van der Waals surface area contributed by atoms with Gasteiger partial charge in [-0.25, -0.2) is 0 Å². The van der Waals surface area contributed by atoms with Gasteiger partial charge in [0.1, 0.15) is 5.78 Å². The van der Waals surface area contributed by atoms with Gasteiger partial charge in [-0.15, -0.1) is 0 Å². The van der Waals surface area contributed by atoms with Gasteiger partial charge in [-0.2, -0.15) is 0 Å². The maximum atomic E-state index is 11.9. The molecule has 2 N–H and O–H groups in total. The molecular formula is C22H39NO5. The van der Waals surface area contributed by atoms with E-state index in [1.54, 1.807) is 0 Å². The number of carboxylic acid groups (broad SMARTS) is 1. The predicted molar refractivity (Wildman–Crippen MR) is 110 cm³/mol. The molecule has 0 rings (SSSR count). The van der Waals surface area contributed by atoms with Crippen LogP contribution in [0.25, 0.3) is 0 Å². The van der Waals surface area contributed by atoms with Crippen LogP contribution < -0.4 is 5.32 Å². The molecule has 6 heteroatoms. The maximum Gasteiger partial charge on any atom is 0.303 e. The largest absolute Gasteiger partial charge is 0.481 e. The Morgan fingerprint density at radius 3 is 1.43 bits per heavy atom. The van der Waals surface area contributed by atoms with E-state index in [1.165, 1.54) is 52.4 Å². The SMILES string of the molecule is CC(=O)C[C@H](NC(=O)CCCCCCCCCCCCCCC(=O)O)C(C)=O. The van der Waals surface area contributed by atoms with Crippen molar-refractivity contribution in [1.29, 1.82) is 0 Å². The summed E-state index contributed by atoms with van der Waals surface area (Å²) in [6, 6.07) is -0.679. The molecule has 0 aliphatic heterocycles. The second-order valence-corrected chi connectivity index (χ2v) is 7.77. The van der Waals surface area contributed by atoms with Crippen LogP contribution in [-0.4, -0.2) is 34.6 Å². The summed E-state index contributed by atoms with van der Waals surface area (Å²) in [7, 11) is 0. The van der Waals surface area contributed by atoms with Gasteiger partial charge in [0.15, 0.2) is 5.78 Å². The zero-order chi connectivity index (χ0) is 21.2. The third kappa shape index (κ3) is 17.7. The smallest absolute Gasteiger partial charge is 0.303 e. The molecule has 0 aliphatic rings. The monoisotopic (exact) mass is 397 g/mol. The van der Waals surface area contributed by atoms with Crippen LogP contribution in [0.2, 0.25) is 0 Å². The highest BCUT2D eigenvalue weighted by molar-refractivity contribution is 5.91. The molecule has 0 saturated heterocycles. The topological polar surface area (TPSA) is 101 Å². The van der Waals surface area contributed by atoms with E-state index in [1.807, 2.05) is 0 Å². The highest BCUT2D eigenvalue weighted by atomic mass is 16.4. The molecule has 0 radical (unpaired) electrons. The molecule has 0 aliphatic carbocycles. The van der Waals surface area contributed by atoms with E-state index in [0.29, 0.717) is 6.42 Å². The lowest BCUT2D eigenvalue weighted by Gasteiger charge is -2.14. The molecule has 1 amide bonds. The minimum Gasteiger partial charge on any atom is -0.481 e. The molecule has 1 atom stereocenters. The number of nitrogens with one attached hydrogen (secondary N) is 1. The van der Waals surface area contributed by atoms with E-state index in [2.05, 4.69) is 5.32 Å². The Hall–Kier alpha value is -1.72. The summed E-state index contributed by atoms with van der Waals surface area (Å²) in [4.78, 5) is 44.8. The van der Waals surface area contributed by atoms with Crippen LogP contribution in [0.4, 0.5) is 0 Å². The number of ketones is 2. The molecule has 0 aromatic carbocycles. The molecule has 0 unspecified atom stereocenters. The summed E-state index contributed by atoms with van der Waals surface area (Å²) >= 11 is 0. The predicted octanol–water partition coefficient (Wildman–Crippen LogP) is 4.59. The number of carbonyl (C=O) groups excluding carboxylic acids is 3. The fraction of sp³-hybridized carbons (Fsp3) is 0.818. The number of amides is 1. The molecule has 0 aromatic rings. The number of Topliss-reactive ketones (excluding diaryl/α,β-unsaturated/α-hetero) is 2. The van der Waals surface area contributed by atoms with Gasteiger partial charge in [-0.05, 0) is 26.7 Å². The Morgan fingerprint density at radius 1 is 0.679 bits per heavy atom.